The molecular formula is C15H23N. The van der Waals surface area contributed by atoms with E-state index in [2.05, 4.69) is 51.2 Å². The van der Waals surface area contributed by atoms with Crippen molar-refractivity contribution in [1.29, 1.82) is 0 Å². The smallest absolute Gasteiger partial charge is 0.00104 e. The minimum atomic E-state index is 0.612. The van der Waals surface area contributed by atoms with Crippen LogP contribution in [0.3, 0.4) is 0 Å². The highest BCUT2D eigenvalue weighted by atomic mass is 14.9. The molecule has 0 heterocycles. The van der Waals surface area contributed by atoms with Crippen molar-refractivity contribution < 1.29 is 0 Å². The molecule has 1 aromatic rings. The molecule has 0 aromatic heterocycles. The summed E-state index contributed by atoms with van der Waals surface area (Å²) < 4.78 is 0. The lowest BCUT2D eigenvalue weighted by atomic mass is 10.0. The summed E-state index contributed by atoms with van der Waals surface area (Å²) in [6.07, 6.45) is 1.36. The molecule has 0 saturated heterocycles. The van der Waals surface area contributed by atoms with Crippen molar-refractivity contribution in [2.45, 2.75) is 46.1 Å². The molecule has 2 unspecified atom stereocenters. The van der Waals surface area contributed by atoms with E-state index in [-0.39, 0.29) is 0 Å². The second-order valence-corrected chi connectivity index (χ2v) is 5.51. The van der Waals surface area contributed by atoms with Gasteiger partial charge in [0, 0.05) is 6.04 Å². The van der Waals surface area contributed by atoms with E-state index in [0.717, 1.165) is 11.8 Å². The normalized spacial score (nSPS) is 23.8. The summed E-state index contributed by atoms with van der Waals surface area (Å²) in [7, 11) is 0. The van der Waals surface area contributed by atoms with Crippen molar-refractivity contribution >= 4 is 0 Å². The SMILES string of the molecule is Cc1ccc(C2CC2CNC(C)C)cc1C. The Morgan fingerprint density at radius 2 is 2.00 bits per heavy atom. The van der Waals surface area contributed by atoms with Gasteiger partial charge in [0.05, 0.1) is 0 Å². The predicted molar refractivity (Wildman–Crippen MR) is 69.9 cm³/mol. The first-order valence-electron chi connectivity index (χ1n) is 6.38. The van der Waals surface area contributed by atoms with Crippen LogP contribution >= 0.6 is 0 Å². The zero-order valence-electron chi connectivity index (χ0n) is 10.9. The molecule has 0 spiro atoms. The van der Waals surface area contributed by atoms with E-state index in [1.165, 1.54) is 24.1 Å². The average Bonchev–Trinajstić information content (AvgIpc) is 2.98. The molecule has 1 aromatic carbocycles. The molecule has 1 nitrogen and oxygen atoms in total. The van der Waals surface area contributed by atoms with Crippen molar-refractivity contribution in [2.24, 2.45) is 5.92 Å². The maximum absolute atomic E-state index is 3.53. The van der Waals surface area contributed by atoms with Gasteiger partial charge in [-0.05, 0) is 55.3 Å². The number of benzene rings is 1. The fourth-order valence-electron chi connectivity index (χ4n) is 2.26. The third kappa shape index (κ3) is 2.65. The lowest BCUT2D eigenvalue weighted by molar-refractivity contribution is 0.554. The molecule has 0 radical (unpaired) electrons. The minimum Gasteiger partial charge on any atom is -0.314 e. The van der Waals surface area contributed by atoms with Gasteiger partial charge in [0.15, 0.2) is 0 Å². The third-order valence-corrected chi connectivity index (χ3v) is 3.67. The van der Waals surface area contributed by atoms with E-state index in [0.29, 0.717) is 6.04 Å². The van der Waals surface area contributed by atoms with Crippen LogP contribution in [0.25, 0.3) is 0 Å². The van der Waals surface area contributed by atoms with Crippen LogP contribution in [0.1, 0.15) is 42.9 Å². The van der Waals surface area contributed by atoms with Gasteiger partial charge < -0.3 is 5.32 Å². The quantitative estimate of drug-likeness (QED) is 0.815. The molecule has 1 fully saturated rings. The Morgan fingerprint density at radius 1 is 1.25 bits per heavy atom. The summed E-state index contributed by atoms with van der Waals surface area (Å²) in [6, 6.07) is 7.55. The van der Waals surface area contributed by atoms with Gasteiger partial charge in [-0.1, -0.05) is 32.0 Å². The zero-order valence-corrected chi connectivity index (χ0v) is 10.9. The summed E-state index contributed by atoms with van der Waals surface area (Å²) in [5, 5.41) is 3.53. The topological polar surface area (TPSA) is 12.0 Å². The monoisotopic (exact) mass is 217 g/mol. The van der Waals surface area contributed by atoms with Crippen molar-refractivity contribution in [3.05, 3.63) is 34.9 Å². The van der Waals surface area contributed by atoms with Crippen molar-refractivity contribution in [3.8, 4) is 0 Å². The second kappa shape index (κ2) is 4.58. The highest BCUT2D eigenvalue weighted by molar-refractivity contribution is 5.34. The summed E-state index contributed by atoms with van der Waals surface area (Å²) in [6.45, 7) is 10.0. The molecule has 1 heteroatoms. The van der Waals surface area contributed by atoms with Gasteiger partial charge in [-0.25, -0.2) is 0 Å². The minimum absolute atomic E-state index is 0.612. The van der Waals surface area contributed by atoms with Gasteiger partial charge in [0.2, 0.25) is 0 Å². The molecule has 0 bridgehead atoms. The Kier molecular flexibility index (Phi) is 3.34. The first-order chi connectivity index (χ1) is 7.58. The lowest BCUT2D eigenvalue weighted by Crippen LogP contribution is -2.25. The summed E-state index contributed by atoms with van der Waals surface area (Å²) in [5.41, 5.74) is 4.37. The Morgan fingerprint density at radius 3 is 2.62 bits per heavy atom. The fourth-order valence-corrected chi connectivity index (χ4v) is 2.26. The van der Waals surface area contributed by atoms with Crippen LogP contribution in [0.2, 0.25) is 0 Å². The predicted octanol–water partition coefficient (Wildman–Crippen LogP) is 3.40. The van der Waals surface area contributed by atoms with Gasteiger partial charge in [-0.2, -0.15) is 0 Å². The van der Waals surface area contributed by atoms with Crippen molar-refractivity contribution in [1.82, 2.24) is 5.32 Å². The van der Waals surface area contributed by atoms with Gasteiger partial charge in [-0.15, -0.1) is 0 Å². The first-order valence-corrected chi connectivity index (χ1v) is 6.38. The Hall–Kier alpha value is -0.820. The first kappa shape index (κ1) is 11.7. The third-order valence-electron chi connectivity index (χ3n) is 3.67. The Labute approximate surface area is 99.3 Å². The standard InChI is InChI=1S/C15H23N/c1-10(2)16-9-14-8-15(14)13-6-5-11(3)12(4)7-13/h5-7,10,14-16H,8-9H2,1-4H3. The maximum atomic E-state index is 3.53. The molecular weight excluding hydrogens is 194 g/mol. The molecule has 1 aliphatic carbocycles. The van der Waals surface area contributed by atoms with Crippen LogP contribution < -0.4 is 5.32 Å². The fraction of sp³-hybridized carbons (Fsp3) is 0.600. The van der Waals surface area contributed by atoms with E-state index in [4.69, 9.17) is 0 Å². The van der Waals surface area contributed by atoms with Crippen LogP contribution in [0.15, 0.2) is 18.2 Å². The highest BCUT2D eigenvalue weighted by Gasteiger charge is 2.37. The van der Waals surface area contributed by atoms with Crippen LogP contribution in [0, 0.1) is 19.8 Å². The van der Waals surface area contributed by atoms with E-state index >= 15 is 0 Å². The van der Waals surface area contributed by atoms with E-state index in [1.807, 2.05) is 0 Å². The molecule has 1 aliphatic rings. The van der Waals surface area contributed by atoms with Gasteiger partial charge in [0.1, 0.15) is 0 Å². The number of hydrogen-bond donors (Lipinski definition) is 1. The second-order valence-electron chi connectivity index (χ2n) is 5.51. The molecule has 2 rings (SSSR count). The van der Waals surface area contributed by atoms with E-state index < -0.39 is 0 Å². The van der Waals surface area contributed by atoms with Gasteiger partial charge in [-0.3, -0.25) is 0 Å². The van der Waals surface area contributed by atoms with E-state index in [9.17, 15) is 0 Å². The lowest BCUT2D eigenvalue weighted by Gasteiger charge is -2.08. The highest BCUT2D eigenvalue weighted by Crippen LogP contribution is 2.47. The van der Waals surface area contributed by atoms with Crippen LogP contribution in [0.4, 0.5) is 0 Å². The largest absolute Gasteiger partial charge is 0.314 e. The summed E-state index contributed by atoms with van der Waals surface area (Å²) in [5.74, 6) is 1.68. The molecule has 0 aliphatic heterocycles. The zero-order chi connectivity index (χ0) is 11.7. The molecule has 0 amide bonds. The van der Waals surface area contributed by atoms with Crippen molar-refractivity contribution in [3.63, 3.8) is 0 Å². The average molecular weight is 217 g/mol. The number of aryl methyl sites for hydroxylation is 2. The number of nitrogens with one attached hydrogen (secondary N) is 1. The molecule has 88 valence electrons. The summed E-state index contributed by atoms with van der Waals surface area (Å²) >= 11 is 0. The van der Waals surface area contributed by atoms with Crippen LogP contribution in [0.5, 0.6) is 0 Å². The van der Waals surface area contributed by atoms with Crippen LogP contribution in [-0.4, -0.2) is 12.6 Å². The number of rotatable bonds is 4. The molecule has 1 N–H and O–H groups in total. The molecule has 2 atom stereocenters. The Balaban J connectivity index is 1.93. The van der Waals surface area contributed by atoms with Gasteiger partial charge >= 0.3 is 0 Å². The van der Waals surface area contributed by atoms with E-state index in [1.54, 1.807) is 5.56 Å². The molecule has 16 heavy (non-hydrogen) atoms. The summed E-state index contributed by atoms with van der Waals surface area (Å²) in [4.78, 5) is 0. The van der Waals surface area contributed by atoms with Gasteiger partial charge in [0.25, 0.3) is 0 Å². The Bertz CT molecular complexity index is 368. The maximum Gasteiger partial charge on any atom is 0.00104 e. The molecule has 1 saturated carbocycles. The number of hydrogen-bond acceptors (Lipinski definition) is 1. The van der Waals surface area contributed by atoms with Crippen molar-refractivity contribution in [2.75, 3.05) is 6.54 Å². The van der Waals surface area contributed by atoms with Crippen LogP contribution in [-0.2, 0) is 0 Å².